The molecule has 7 heteroatoms. The number of aromatic nitrogens is 3. The van der Waals surface area contributed by atoms with Gasteiger partial charge < -0.3 is 16.3 Å². The second-order valence-electron chi connectivity index (χ2n) is 3.80. The van der Waals surface area contributed by atoms with Crippen LogP contribution in [0.3, 0.4) is 0 Å². The number of rotatable bonds is 5. The Labute approximate surface area is 110 Å². The van der Waals surface area contributed by atoms with Crippen LogP contribution in [0.1, 0.15) is 17.0 Å². The van der Waals surface area contributed by atoms with Crippen molar-refractivity contribution in [2.24, 2.45) is 10.9 Å². The summed E-state index contributed by atoms with van der Waals surface area (Å²) in [7, 11) is 0. The molecule has 7 nitrogen and oxygen atoms in total. The quantitative estimate of drug-likeness (QED) is 0.307. The summed E-state index contributed by atoms with van der Waals surface area (Å²) in [6.07, 6.45) is 4.79. The topological polar surface area (TPSA) is 109 Å². The van der Waals surface area contributed by atoms with Crippen molar-refractivity contribution < 1.29 is 5.21 Å². The maximum atomic E-state index is 8.70. The van der Waals surface area contributed by atoms with E-state index in [1.54, 1.807) is 18.5 Å². The average molecular weight is 258 g/mol. The van der Waals surface area contributed by atoms with Crippen LogP contribution in [0, 0.1) is 0 Å². The van der Waals surface area contributed by atoms with Gasteiger partial charge in [0.2, 0.25) is 0 Å². The minimum Gasteiger partial charge on any atom is -0.409 e. The van der Waals surface area contributed by atoms with E-state index in [9.17, 15) is 0 Å². The van der Waals surface area contributed by atoms with Crippen LogP contribution in [0.2, 0.25) is 0 Å². The van der Waals surface area contributed by atoms with Crippen molar-refractivity contribution in [1.82, 2.24) is 20.3 Å². The first-order valence-electron chi connectivity index (χ1n) is 5.68. The van der Waals surface area contributed by atoms with Crippen LogP contribution >= 0.6 is 0 Å². The van der Waals surface area contributed by atoms with Gasteiger partial charge in [0.05, 0.1) is 5.69 Å². The van der Waals surface area contributed by atoms with Crippen molar-refractivity contribution in [3.63, 3.8) is 0 Å². The predicted molar refractivity (Wildman–Crippen MR) is 69.3 cm³/mol. The number of amidine groups is 1. The molecule has 19 heavy (non-hydrogen) atoms. The number of pyridine rings is 1. The molecular formula is C12H14N6O. The summed E-state index contributed by atoms with van der Waals surface area (Å²) in [6, 6.07) is 5.50. The van der Waals surface area contributed by atoms with E-state index in [1.165, 1.54) is 6.33 Å². The van der Waals surface area contributed by atoms with E-state index in [1.807, 2.05) is 12.1 Å². The van der Waals surface area contributed by atoms with Crippen molar-refractivity contribution in [1.29, 1.82) is 0 Å². The van der Waals surface area contributed by atoms with E-state index in [0.717, 1.165) is 11.3 Å². The van der Waals surface area contributed by atoms with Gasteiger partial charge in [-0.25, -0.2) is 9.97 Å². The van der Waals surface area contributed by atoms with Gasteiger partial charge in [0, 0.05) is 25.5 Å². The average Bonchev–Trinajstić information content (AvgIpc) is 2.48. The number of hydrogen-bond acceptors (Lipinski definition) is 6. The molecule has 0 spiro atoms. The fourth-order valence-electron chi connectivity index (χ4n) is 1.61. The Balaban J connectivity index is 2.00. The van der Waals surface area contributed by atoms with Crippen LogP contribution in [0.15, 0.2) is 42.1 Å². The molecule has 0 aliphatic rings. The Morgan fingerprint density at radius 3 is 2.89 bits per heavy atom. The molecule has 0 unspecified atom stereocenters. The van der Waals surface area contributed by atoms with Gasteiger partial charge in [-0.05, 0) is 17.7 Å². The molecule has 0 saturated carbocycles. The summed E-state index contributed by atoms with van der Waals surface area (Å²) in [5, 5.41) is 14.9. The molecule has 2 rings (SSSR count). The Kier molecular flexibility index (Phi) is 4.35. The zero-order valence-corrected chi connectivity index (χ0v) is 10.2. The Morgan fingerprint density at radius 2 is 2.16 bits per heavy atom. The molecule has 0 atom stereocenters. The van der Waals surface area contributed by atoms with Gasteiger partial charge in [-0.3, -0.25) is 4.98 Å². The summed E-state index contributed by atoms with van der Waals surface area (Å²) in [6.45, 7) is 1.15. The van der Waals surface area contributed by atoms with Crippen LogP contribution in [-0.4, -0.2) is 26.0 Å². The first-order chi connectivity index (χ1) is 9.31. The SMILES string of the molecule is N/C(=N/O)c1ncccc1CNCc1ccncn1. The first-order valence-corrected chi connectivity index (χ1v) is 5.68. The normalized spacial score (nSPS) is 11.5. The van der Waals surface area contributed by atoms with Gasteiger partial charge >= 0.3 is 0 Å². The molecule has 0 aliphatic carbocycles. The second-order valence-corrected chi connectivity index (χ2v) is 3.80. The largest absolute Gasteiger partial charge is 0.409 e. The molecule has 4 N–H and O–H groups in total. The van der Waals surface area contributed by atoms with Gasteiger partial charge in [-0.1, -0.05) is 11.2 Å². The van der Waals surface area contributed by atoms with E-state index in [4.69, 9.17) is 10.9 Å². The van der Waals surface area contributed by atoms with Crippen LogP contribution in [0.5, 0.6) is 0 Å². The van der Waals surface area contributed by atoms with Crippen molar-refractivity contribution in [2.75, 3.05) is 0 Å². The minimum atomic E-state index is -0.000522. The van der Waals surface area contributed by atoms with E-state index < -0.39 is 0 Å². The lowest BCUT2D eigenvalue weighted by molar-refractivity contribution is 0.318. The van der Waals surface area contributed by atoms with Gasteiger partial charge in [0.15, 0.2) is 5.84 Å². The standard InChI is InChI=1S/C12H14N6O/c13-12(18-19)11-9(2-1-4-16-11)6-15-7-10-3-5-14-8-17-10/h1-5,8,15,19H,6-7H2,(H2,13,18). The van der Waals surface area contributed by atoms with E-state index in [-0.39, 0.29) is 5.84 Å². The molecule has 98 valence electrons. The highest BCUT2D eigenvalue weighted by molar-refractivity contribution is 5.96. The summed E-state index contributed by atoms with van der Waals surface area (Å²) in [5.41, 5.74) is 7.79. The van der Waals surface area contributed by atoms with Crippen LogP contribution in [0.4, 0.5) is 0 Å². The second kappa shape index (κ2) is 6.41. The monoisotopic (exact) mass is 258 g/mol. The fraction of sp³-hybridized carbons (Fsp3) is 0.167. The summed E-state index contributed by atoms with van der Waals surface area (Å²) in [4.78, 5) is 12.1. The molecule has 0 aromatic carbocycles. The lowest BCUT2D eigenvalue weighted by atomic mass is 10.2. The summed E-state index contributed by atoms with van der Waals surface area (Å²) >= 11 is 0. The van der Waals surface area contributed by atoms with Gasteiger partial charge in [0.25, 0.3) is 0 Å². The minimum absolute atomic E-state index is 0.000522. The van der Waals surface area contributed by atoms with Gasteiger partial charge in [0.1, 0.15) is 12.0 Å². The number of oxime groups is 1. The third-order valence-corrected chi connectivity index (χ3v) is 2.51. The molecule has 0 bridgehead atoms. The number of nitrogens with one attached hydrogen (secondary N) is 1. The van der Waals surface area contributed by atoms with Crippen LogP contribution in [-0.2, 0) is 13.1 Å². The molecule has 2 aromatic rings. The van der Waals surface area contributed by atoms with Gasteiger partial charge in [-0.15, -0.1) is 0 Å². The lowest BCUT2D eigenvalue weighted by Gasteiger charge is -2.08. The number of nitrogens with zero attached hydrogens (tertiary/aromatic N) is 4. The highest BCUT2D eigenvalue weighted by atomic mass is 16.4. The van der Waals surface area contributed by atoms with Crippen molar-refractivity contribution in [3.05, 3.63) is 53.9 Å². The van der Waals surface area contributed by atoms with E-state index in [2.05, 4.69) is 25.4 Å². The predicted octanol–water partition coefficient (Wildman–Crippen LogP) is 0.256. The maximum Gasteiger partial charge on any atom is 0.189 e. The fourth-order valence-corrected chi connectivity index (χ4v) is 1.61. The molecule has 0 radical (unpaired) electrons. The number of hydrogen-bond donors (Lipinski definition) is 3. The number of nitrogens with two attached hydrogens (primary N) is 1. The molecule has 0 aliphatic heterocycles. The smallest absolute Gasteiger partial charge is 0.189 e. The van der Waals surface area contributed by atoms with E-state index >= 15 is 0 Å². The zero-order chi connectivity index (χ0) is 13.5. The highest BCUT2D eigenvalue weighted by Crippen LogP contribution is 2.05. The summed E-state index contributed by atoms with van der Waals surface area (Å²) < 4.78 is 0. The molecule has 0 fully saturated rings. The third kappa shape index (κ3) is 3.46. The Bertz CT molecular complexity index is 557. The molecular weight excluding hydrogens is 244 g/mol. The van der Waals surface area contributed by atoms with Crippen LogP contribution < -0.4 is 11.1 Å². The molecule has 0 saturated heterocycles. The highest BCUT2D eigenvalue weighted by Gasteiger charge is 2.07. The maximum absolute atomic E-state index is 8.70. The van der Waals surface area contributed by atoms with Crippen molar-refractivity contribution >= 4 is 5.84 Å². The Hall–Kier alpha value is -2.54. The first kappa shape index (κ1) is 12.9. The lowest BCUT2D eigenvalue weighted by Crippen LogP contribution is -2.21. The summed E-state index contributed by atoms with van der Waals surface area (Å²) in [5.74, 6) is -0.000522. The third-order valence-electron chi connectivity index (χ3n) is 2.51. The van der Waals surface area contributed by atoms with Gasteiger partial charge in [-0.2, -0.15) is 0 Å². The molecule has 2 heterocycles. The van der Waals surface area contributed by atoms with Crippen molar-refractivity contribution in [2.45, 2.75) is 13.1 Å². The van der Waals surface area contributed by atoms with E-state index in [0.29, 0.717) is 18.8 Å². The molecule has 0 amide bonds. The molecule has 2 aromatic heterocycles. The van der Waals surface area contributed by atoms with Crippen molar-refractivity contribution in [3.8, 4) is 0 Å². The zero-order valence-electron chi connectivity index (χ0n) is 10.2. The van der Waals surface area contributed by atoms with Crippen LogP contribution in [0.25, 0.3) is 0 Å². The Morgan fingerprint density at radius 1 is 1.26 bits per heavy atom.